The molecule has 0 saturated carbocycles. The zero-order valence-electron chi connectivity index (χ0n) is 10.8. The van der Waals surface area contributed by atoms with Gasteiger partial charge in [-0.25, -0.2) is 4.79 Å². The second-order valence-corrected chi connectivity index (χ2v) is 4.06. The summed E-state index contributed by atoms with van der Waals surface area (Å²) in [5.74, 6) is -0.710. The molecule has 10 nitrogen and oxygen atoms in total. The minimum Gasteiger partial charge on any atom is -0.394 e. The van der Waals surface area contributed by atoms with Crippen molar-refractivity contribution in [1.82, 2.24) is 5.32 Å². The molecule has 21 heavy (non-hydrogen) atoms. The maximum Gasteiger partial charge on any atom is 0.316 e. The van der Waals surface area contributed by atoms with Crippen LogP contribution < -0.4 is 16.4 Å². The SMILES string of the molecule is NC(=O)Nc1cc(C(=O)NCC(O)CO)cc([N+](=O)[O-])c1. The predicted molar refractivity (Wildman–Crippen MR) is 71.7 cm³/mol. The van der Waals surface area contributed by atoms with E-state index < -0.39 is 35.3 Å². The van der Waals surface area contributed by atoms with Gasteiger partial charge in [0.25, 0.3) is 11.6 Å². The molecule has 1 atom stereocenters. The molecule has 0 fully saturated rings. The number of urea groups is 1. The first kappa shape index (κ1) is 16.3. The quantitative estimate of drug-likeness (QED) is 0.339. The lowest BCUT2D eigenvalue weighted by Crippen LogP contribution is -2.34. The van der Waals surface area contributed by atoms with Crippen LogP contribution in [0.2, 0.25) is 0 Å². The number of aliphatic hydroxyl groups excluding tert-OH is 2. The molecule has 6 N–H and O–H groups in total. The van der Waals surface area contributed by atoms with Crippen molar-refractivity contribution in [3.8, 4) is 0 Å². The van der Waals surface area contributed by atoms with Crippen molar-refractivity contribution in [3.63, 3.8) is 0 Å². The number of hydrogen-bond acceptors (Lipinski definition) is 6. The van der Waals surface area contributed by atoms with Crippen molar-refractivity contribution >= 4 is 23.3 Å². The number of nitro benzene ring substituents is 1. The molecule has 1 aromatic carbocycles. The Morgan fingerprint density at radius 2 is 2.05 bits per heavy atom. The number of anilines is 1. The molecule has 0 radical (unpaired) electrons. The van der Waals surface area contributed by atoms with Crippen molar-refractivity contribution in [2.75, 3.05) is 18.5 Å². The van der Waals surface area contributed by atoms with E-state index in [2.05, 4.69) is 10.6 Å². The highest BCUT2D eigenvalue weighted by Gasteiger charge is 2.16. The summed E-state index contributed by atoms with van der Waals surface area (Å²) in [6.45, 7) is -0.764. The van der Waals surface area contributed by atoms with Gasteiger partial charge in [0, 0.05) is 29.9 Å². The first-order valence-corrected chi connectivity index (χ1v) is 5.76. The van der Waals surface area contributed by atoms with Gasteiger partial charge in [-0.2, -0.15) is 0 Å². The zero-order valence-corrected chi connectivity index (χ0v) is 10.8. The fraction of sp³-hybridized carbons (Fsp3) is 0.273. The largest absolute Gasteiger partial charge is 0.394 e. The molecule has 0 heterocycles. The molecule has 0 bridgehead atoms. The van der Waals surface area contributed by atoms with Gasteiger partial charge in [-0.1, -0.05) is 0 Å². The van der Waals surface area contributed by atoms with Crippen LogP contribution in [0.5, 0.6) is 0 Å². The normalized spacial score (nSPS) is 11.5. The molecule has 0 aliphatic carbocycles. The van der Waals surface area contributed by atoms with E-state index >= 15 is 0 Å². The smallest absolute Gasteiger partial charge is 0.316 e. The maximum atomic E-state index is 11.8. The first-order valence-electron chi connectivity index (χ1n) is 5.76. The number of aliphatic hydroxyl groups is 2. The van der Waals surface area contributed by atoms with Gasteiger partial charge in [-0.05, 0) is 6.07 Å². The minimum absolute atomic E-state index is 0.00967. The standard InChI is InChI=1S/C11H14N4O6/c12-11(19)14-7-1-6(2-8(3-7)15(20)21)10(18)13-4-9(17)5-16/h1-3,9,16-17H,4-5H2,(H,13,18)(H3,12,14,19). The van der Waals surface area contributed by atoms with Crippen molar-refractivity contribution in [2.45, 2.75) is 6.10 Å². The molecule has 1 unspecified atom stereocenters. The number of nitrogens with zero attached hydrogens (tertiary/aromatic N) is 1. The van der Waals surface area contributed by atoms with Crippen LogP contribution >= 0.6 is 0 Å². The third-order valence-corrected chi connectivity index (χ3v) is 2.37. The van der Waals surface area contributed by atoms with Crippen molar-refractivity contribution in [3.05, 3.63) is 33.9 Å². The topological polar surface area (TPSA) is 168 Å². The maximum absolute atomic E-state index is 11.8. The molecule has 0 aliphatic heterocycles. The molecular weight excluding hydrogens is 284 g/mol. The summed E-state index contributed by atoms with van der Waals surface area (Å²) in [6.07, 6.45) is -1.14. The van der Waals surface area contributed by atoms with E-state index in [0.29, 0.717) is 0 Å². The number of nitro groups is 1. The Balaban J connectivity index is 2.99. The van der Waals surface area contributed by atoms with Gasteiger partial charge in [0.2, 0.25) is 0 Å². The number of rotatable bonds is 6. The van der Waals surface area contributed by atoms with Gasteiger partial charge >= 0.3 is 6.03 Å². The van der Waals surface area contributed by atoms with E-state index in [4.69, 9.17) is 15.9 Å². The van der Waals surface area contributed by atoms with Crippen LogP contribution in [0.25, 0.3) is 0 Å². The fourth-order valence-corrected chi connectivity index (χ4v) is 1.44. The van der Waals surface area contributed by atoms with Crippen LogP contribution in [0.1, 0.15) is 10.4 Å². The molecule has 10 heteroatoms. The highest BCUT2D eigenvalue weighted by molar-refractivity contribution is 5.97. The van der Waals surface area contributed by atoms with E-state index in [1.54, 1.807) is 0 Å². The van der Waals surface area contributed by atoms with Crippen molar-refractivity contribution < 1.29 is 24.7 Å². The summed E-state index contributed by atoms with van der Waals surface area (Å²) in [6, 6.07) is 2.31. The van der Waals surface area contributed by atoms with E-state index in [1.165, 1.54) is 6.07 Å². The van der Waals surface area contributed by atoms with Gasteiger partial charge in [0.15, 0.2) is 0 Å². The van der Waals surface area contributed by atoms with Crippen LogP contribution in [-0.2, 0) is 0 Å². The number of carbonyl (C=O) groups excluding carboxylic acids is 2. The van der Waals surface area contributed by atoms with Gasteiger partial charge in [0.05, 0.1) is 17.6 Å². The van der Waals surface area contributed by atoms with Crippen LogP contribution in [0.4, 0.5) is 16.2 Å². The Kier molecular flexibility index (Phi) is 5.57. The molecule has 3 amide bonds. The van der Waals surface area contributed by atoms with Crippen LogP contribution in [0, 0.1) is 10.1 Å². The summed E-state index contributed by atoms with van der Waals surface area (Å²) in [5, 5.41) is 33.0. The minimum atomic E-state index is -1.14. The Labute approximate surface area is 118 Å². The lowest BCUT2D eigenvalue weighted by molar-refractivity contribution is -0.384. The molecule has 114 valence electrons. The van der Waals surface area contributed by atoms with Crippen LogP contribution in [0.15, 0.2) is 18.2 Å². The summed E-state index contributed by atoms with van der Waals surface area (Å²) in [5.41, 5.74) is 4.40. The van der Waals surface area contributed by atoms with E-state index in [-0.39, 0.29) is 17.8 Å². The zero-order chi connectivity index (χ0) is 16.0. The molecule has 0 spiro atoms. The van der Waals surface area contributed by atoms with Crippen LogP contribution in [0.3, 0.4) is 0 Å². The Hall–Kier alpha value is -2.72. The lowest BCUT2D eigenvalue weighted by atomic mass is 10.1. The van der Waals surface area contributed by atoms with Gasteiger partial charge < -0.3 is 26.6 Å². The number of hydrogen-bond donors (Lipinski definition) is 5. The average Bonchev–Trinajstić information content (AvgIpc) is 2.43. The Morgan fingerprint density at radius 1 is 1.38 bits per heavy atom. The van der Waals surface area contributed by atoms with E-state index in [1.807, 2.05) is 0 Å². The summed E-state index contributed by atoms with van der Waals surface area (Å²) >= 11 is 0. The molecule has 0 saturated heterocycles. The van der Waals surface area contributed by atoms with Crippen molar-refractivity contribution in [2.24, 2.45) is 5.73 Å². The number of carbonyl (C=O) groups is 2. The number of nitrogens with two attached hydrogens (primary N) is 1. The molecule has 1 aromatic rings. The lowest BCUT2D eigenvalue weighted by Gasteiger charge is -2.10. The number of benzene rings is 1. The average molecular weight is 298 g/mol. The van der Waals surface area contributed by atoms with Crippen LogP contribution in [-0.4, -0.2) is 46.3 Å². The van der Waals surface area contributed by atoms with Gasteiger partial charge in [0.1, 0.15) is 0 Å². The predicted octanol–water partition coefficient (Wildman–Crippen LogP) is -0.832. The summed E-state index contributed by atoms with van der Waals surface area (Å²) in [4.78, 5) is 32.6. The monoisotopic (exact) mass is 298 g/mol. The Morgan fingerprint density at radius 3 is 2.57 bits per heavy atom. The number of primary amides is 1. The van der Waals surface area contributed by atoms with E-state index in [0.717, 1.165) is 12.1 Å². The Bertz CT molecular complexity index is 562. The first-order chi connectivity index (χ1) is 9.83. The summed E-state index contributed by atoms with van der Waals surface area (Å²) in [7, 11) is 0. The van der Waals surface area contributed by atoms with Gasteiger partial charge in [-0.3, -0.25) is 14.9 Å². The highest BCUT2D eigenvalue weighted by Crippen LogP contribution is 2.21. The molecule has 1 rings (SSSR count). The summed E-state index contributed by atoms with van der Waals surface area (Å²) < 4.78 is 0. The van der Waals surface area contributed by atoms with E-state index in [9.17, 15) is 19.7 Å². The third kappa shape index (κ3) is 5.04. The second-order valence-electron chi connectivity index (χ2n) is 4.06. The number of amides is 3. The second kappa shape index (κ2) is 7.17. The number of nitrogens with one attached hydrogen (secondary N) is 2. The van der Waals surface area contributed by atoms with Crippen molar-refractivity contribution in [1.29, 1.82) is 0 Å². The third-order valence-electron chi connectivity index (χ3n) is 2.37. The molecule has 0 aromatic heterocycles. The highest BCUT2D eigenvalue weighted by atomic mass is 16.6. The molecular formula is C11H14N4O6. The van der Waals surface area contributed by atoms with Gasteiger partial charge in [-0.15, -0.1) is 0 Å². The number of non-ortho nitro benzene ring substituents is 1. The molecule has 0 aliphatic rings. The fourth-order valence-electron chi connectivity index (χ4n) is 1.44.